The SMILES string of the molecule is CCOc1ccc(C(=O)N2CCC[C@H]2C(=O)NCc2cc(Cl)ccc2CN)[nH]1.O=C(O)C(F)(F)F. The van der Waals surface area contributed by atoms with Crippen LogP contribution in [0.3, 0.4) is 0 Å². The molecule has 0 saturated carbocycles. The van der Waals surface area contributed by atoms with Crippen molar-refractivity contribution in [3.05, 3.63) is 52.2 Å². The summed E-state index contributed by atoms with van der Waals surface area (Å²) in [6.45, 7) is 3.62. The van der Waals surface area contributed by atoms with Crippen LogP contribution in [-0.4, -0.2) is 58.1 Å². The Balaban J connectivity index is 0.000000540. The van der Waals surface area contributed by atoms with Gasteiger partial charge >= 0.3 is 12.1 Å². The second kappa shape index (κ2) is 12.5. The maximum atomic E-state index is 12.8. The number of nitrogens with one attached hydrogen (secondary N) is 2. The minimum Gasteiger partial charge on any atom is -0.479 e. The number of halogens is 4. The number of carboxylic acids is 1. The molecule has 0 unspecified atom stereocenters. The zero-order valence-electron chi connectivity index (χ0n) is 18.8. The summed E-state index contributed by atoms with van der Waals surface area (Å²) in [4.78, 5) is 39.0. The van der Waals surface area contributed by atoms with Gasteiger partial charge in [-0.05, 0) is 49.1 Å². The van der Waals surface area contributed by atoms with Crippen LogP contribution in [0.2, 0.25) is 5.02 Å². The summed E-state index contributed by atoms with van der Waals surface area (Å²) in [5.41, 5.74) is 7.99. The molecule has 13 heteroatoms. The quantitative estimate of drug-likeness (QED) is 0.444. The third-order valence-corrected chi connectivity index (χ3v) is 5.32. The van der Waals surface area contributed by atoms with Crippen molar-refractivity contribution < 1.29 is 37.4 Å². The van der Waals surface area contributed by atoms with Crippen molar-refractivity contribution in [2.45, 2.75) is 45.1 Å². The van der Waals surface area contributed by atoms with Crippen LogP contribution in [0.25, 0.3) is 0 Å². The number of hydrogen-bond donors (Lipinski definition) is 4. The average Bonchev–Trinajstić information content (AvgIpc) is 3.47. The fourth-order valence-corrected chi connectivity index (χ4v) is 3.63. The standard InChI is InChI=1S/C20H25ClN4O3.C2HF3O2/c1-2-28-18-8-7-16(24-18)20(27)25-9-3-4-17(25)19(26)23-12-14-10-15(21)6-5-13(14)11-22;3-2(4,5)1(6)7/h5-8,10,17,24H,2-4,9,11-12,22H2,1H3,(H,23,26);(H,6,7)/t17-;/m0./s1. The third-order valence-electron chi connectivity index (χ3n) is 5.09. The molecule has 9 nitrogen and oxygen atoms in total. The van der Waals surface area contributed by atoms with Gasteiger partial charge in [-0.1, -0.05) is 17.7 Å². The highest BCUT2D eigenvalue weighted by atomic mass is 35.5. The van der Waals surface area contributed by atoms with E-state index in [2.05, 4.69) is 10.3 Å². The van der Waals surface area contributed by atoms with Crippen LogP contribution < -0.4 is 15.8 Å². The van der Waals surface area contributed by atoms with Crippen molar-refractivity contribution in [2.24, 2.45) is 5.73 Å². The number of likely N-dealkylation sites (tertiary alicyclic amines) is 1. The first-order valence-corrected chi connectivity index (χ1v) is 11.0. The highest BCUT2D eigenvalue weighted by Crippen LogP contribution is 2.22. The van der Waals surface area contributed by atoms with Gasteiger partial charge < -0.3 is 30.8 Å². The normalized spacial score (nSPS) is 15.3. The summed E-state index contributed by atoms with van der Waals surface area (Å²) in [6.07, 6.45) is -3.66. The zero-order valence-corrected chi connectivity index (χ0v) is 19.6. The zero-order chi connectivity index (χ0) is 26.2. The van der Waals surface area contributed by atoms with E-state index in [1.165, 1.54) is 0 Å². The van der Waals surface area contributed by atoms with Crippen LogP contribution in [0.15, 0.2) is 30.3 Å². The molecular formula is C22H26ClF3N4O5. The van der Waals surface area contributed by atoms with E-state index in [-0.39, 0.29) is 11.8 Å². The molecule has 3 rings (SSSR count). The van der Waals surface area contributed by atoms with E-state index in [0.29, 0.717) is 49.3 Å². The van der Waals surface area contributed by atoms with Crippen molar-refractivity contribution in [1.82, 2.24) is 15.2 Å². The van der Waals surface area contributed by atoms with E-state index in [9.17, 15) is 22.8 Å². The number of alkyl halides is 3. The summed E-state index contributed by atoms with van der Waals surface area (Å²) in [6, 6.07) is 8.34. The maximum Gasteiger partial charge on any atom is 0.490 e. The second-order valence-corrected chi connectivity index (χ2v) is 7.90. The lowest BCUT2D eigenvalue weighted by molar-refractivity contribution is -0.192. The Morgan fingerprint density at radius 3 is 2.54 bits per heavy atom. The number of ether oxygens (including phenoxy) is 1. The van der Waals surface area contributed by atoms with E-state index in [1.54, 1.807) is 29.2 Å². The summed E-state index contributed by atoms with van der Waals surface area (Å²) in [5.74, 6) is -2.59. The first-order valence-electron chi connectivity index (χ1n) is 10.7. The van der Waals surface area contributed by atoms with Crippen molar-refractivity contribution in [3.63, 3.8) is 0 Å². The molecule has 1 fully saturated rings. The molecule has 1 aliphatic heterocycles. The molecule has 192 valence electrons. The van der Waals surface area contributed by atoms with Crippen molar-refractivity contribution >= 4 is 29.4 Å². The molecule has 1 saturated heterocycles. The number of H-pyrrole nitrogens is 1. The predicted molar refractivity (Wildman–Crippen MR) is 121 cm³/mol. The van der Waals surface area contributed by atoms with Crippen molar-refractivity contribution in [3.8, 4) is 5.88 Å². The van der Waals surface area contributed by atoms with Gasteiger partial charge in [0.2, 0.25) is 5.91 Å². The Labute approximate surface area is 204 Å². The average molecular weight is 519 g/mol. The number of amides is 2. The minimum atomic E-state index is -5.08. The summed E-state index contributed by atoms with van der Waals surface area (Å²) < 4.78 is 37.1. The van der Waals surface area contributed by atoms with E-state index in [4.69, 9.17) is 32.0 Å². The van der Waals surface area contributed by atoms with Crippen LogP contribution >= 0.6 is 11.6 Å². The van der Waals surface area contributed by atoms with Crippen LogP contribution in [0.4, 0.5) is 13.2 Å². The molecule has 0 bridgehead atoms. The first-order chi connectivity index (χ1) is 16.5. The lowest BCUT2D eigenvalue weighted by Crippen LogP contribution is -2.45. The Morgan fingerprint density at radius 1 is 1.26 bits per heavy atom. The summed E-state index contributed by atoms with van der Waals surface area (Å²) in [5, 5.41) is 10.6. The van der Waals surface area contributed by atoms with Crippen molar-refractivity contribution in [2.75, 3.05) is 13.2 Å². The number of benzene rings is 1. The van der Waals surface area contributed by atoms with Crippen LogP contribution in [0.1, 0.15) is 41.4 Å². The molecule has 2 amide bonds. The highest BCUT2D eigenvalue weighted by Gasteiger charge is 2.38. The summed E-state index contributed by atoms with van der Waals surface area (Å²) >= 11 is 6.05. The topological polar surface area (TPSA) is 138 Å². The third kappa shape index (κ3) is 7.89. The fraction of sp³-hybridized carbons (Fsp3) is 0.409. The first kappa shape index (κ1) is 28.0. The van der Waals surface area contributed by atoms with Gasteiger partial charge in [0.15, 0.2) is 5.88 Å². The van der Waals surface area contributed by atoms with Gasteiger partial charge in [0.25, 0.3) is 5.91 Å². The summed E-state index contributed by atoms with van der Waals surface area (Å²) in [7, 11) is 0. The number of rotatable bonds is 7. The molecule has 1 aromatic carbocycles. The number of aromatic amines is 1. The van der Waals surface area contributed by atoms with Gasteiger partial charge in [0, 0.05) is 30.7 Å². The van der Waals surface area contributed by atoms with E-state index < -0.39 is 18.2 Å². The van der Waals surface area contributed by atoms with Gasteiger partial charge in [-0.3, -0.25) is 9.59 Å². The number of carbonyl (C=O) groups excluding carboxylic acids is 2. The number of hydrogen-bond acceptors (Lipinski definition) is 5. The Morgan fingerprint density at radius 2 is 1.94 bits per heavy atom. The van der Waals surface area contributed by atoms with Crippen LogP contribution in [0, 0.1) is 0 Å². The number of carbonyl (C=O) groups is 3. The van der Waals surface area contributed by atoms with Gasteiger partial charge in [-0.15, -0.1) is 0 Å². The van der Waals surface area contributed by atoms with Crippen molar-refractivity contribution in [1.29, 1.82) is 0 Å². The number of nitrogens with two attached hydrogens (primary N) is 1. The number of nitrogens with zero attached hydrogens (tertiary/aromatic N) is 1. The van der Waals surface area contributed by atoms with Crippen LogP contribution in [-0.2, 0) is 22.7 Å². The molecule has 2 aromatic rings. The fourth-order valence-electron chi connectivity index (χ4n) is 3.43. The molecule has 1 atom stereocenters. The molecule has 0 spiro atoms. The number of aromatic nitrogens is 1. The van der Waals surface area contributed by atoms with Gasteiger partial charge in [-0.25, -0.2) is 4.79 Å². The predicted octanol–water partition coefficient (Wildman–Crippen LogP) is 3.08. The van der Waals surface area contributed by atoms with Crippen LogP contribution in [0.5, 0.6) is 5.88 Å². The Hall–Kier alpha value is -3.25. The van der Waals surface area contributed by atoms with Gasteiger partial charge in [0.05, 0.1) is 6.61 Å². The molecule has 0 radical (unpaired) electrons. The van der Waals surface area contributed by atoms with E-state index in [0.717, 1.165) is 17.5 Å². The molecule has 0 aliphatic carbocycles. The maximum absolute atomic E-state index is 12.8. The highest BCUT2D eigenvalue weighted by molar-refractivity contribution is 6.30. The Bertz CT molecular complexity index is 1040. The largest absolute Gasteiger partial charge is 0.490 e. The lowest BCUT2D eigenvalue weighted by atomic mass is 10.1. The number of carboxylic acid groups (broad SMARTS) is 1. The second-order valence-electron chi connectivity index (χ2n) is 7.46. The monoisotopic (exact) mass is 518 g/mol. The Kier molecular flexibility index (Phi) is 9.96. The smallest absolute Gasteiger partial charge is 0.479 e. The molecule has 5 N–H and O–H groups in total. The molecule has 2 heterocycles. The van der Waals surface area contributed by atoms with E-state index >= 15 is 0 Å². The van der Waals surface area contributed by atoms with Gasteiger partial charge in [-0.2, -0.15) is 13.2 Å². The van der Waals surface area contributed by atoms with Gasteiger partial charge in [0.1, 0.15) is 11.7 Å². The molecule has 35 heavy (non-hydrogen) atoms. The van der Waals surface area contributed by atoms with E-state index in [1.807, 2.05) is 13.0 Å². The molecular weight excluding hydrogens is 493 g/mol. The molecule has 1 aliphatic rings. The minimum absolute atomic E-state index is 0.176. The number of aliphatic carboxylic acids is 1. The lowest BCUT2D eigenvalue weighted by Gasteiger charge is -2.23. The molecule has 1 aromatic heterocycles.